The first-order valence-corrected chi connectivity index (χ1v) is 7.22. The predicted octanol–water partition coefficient (Wildman–Crippen LogP) is 0.665. The van der Waals surface area contributed by atoms with Crippen LogP contribution >= 0.6 is 0 Å². The van der Waals surface area contributed by atoms with Gasteiger partial charge >= 0.3 is 0 Å². The first kappa shape index (κ1) is 14.3. The number of hydrogen-bond donors (Lipinski definition) is 2. The molecule has 108 valence electrons. The highest BCUT2D eigenvalue weighted by Gasteiger charge is 2.40. The highest BCUT2D eigenvalue weighted by Crippen LogP contribution is 2.33. The van der Waals surface area contributed by atoms with Gasteiger partial charge in [0.2, 0.25) is 11.8 Å². The second-order valence-corrected chi connectivity index (χ2v) is 6.18. The minimum Gasteiger partial charge on any atom is -0.389 e. The van der Waals surface area contributed by atoms with Crippen molar-refractivity contribution in [1.82, 2.24) is 10.2 Å². The third kappa shape index (κ3) is 3.08. The monoisotopic (exact) mass is 268 g/mol. The first-order chi connectivity index (χ1) is 8.93. The van der Waals surface area contributed by atoms with Crippen molar-refractivity contribution in [2.75, 3.05) is 13.1 Å². The third-order valence-electron chi connectivity index (χ3n) is 4.22. The number of aliphatic hydroxyl groups is 1. The number of carbonyl (C=O) groups is 2. The normalized spacial score (nSPS) is 26.6. The van der Waals surface area contributed by atoms with E-state index in [1.165, 1.54) is 0 Å². The van der Waals surface area contributed by atoms with Crippen molar-refractivity contribution >= 4 is 11.8 Å². The molecule has 2 N–H and O–H groups in total. The van der Waals surface area contributed by atoms with Gasteiger partial charge < -0.3 is 15.3 Å². The number of nitrogens with one attached hydrogen (secondary N) is 1. The molecule has 1 unspecified atom stereocenters. The van der Waals surface area contributed by atoms with E-state index >= 15 is 0 Å². The average molecular weight is 268 g/mol. The Hall–Kier alpha value is -1.10. The second kappa shape index (κ2) is 5.49. The topological polar surface area (TPSA) is 69.6 Å². The summed E-state index contributed by atoms with van der Waals surface area (Å²) in [7, 11) is 0. The van der Waals surface area contributed by atoms with Gasteiger partial charge in [-0.1, -0.05) is 26.7 Å². The van der Waals surface area contributed by atoms with Crippen molar-refractivity contribution in [2.24, 2.45) is 5.92 Å². The van der Waals surface area contributed by atoms with E-state index in [1.807, 2.05) is 13.8 Å². The van der Waals surface area contributed by atoms with Gasteiger partial charge in [-0.05, 0) is 18.8 Å². The van der Waals surface area contributed by atoms with Gasteiger partial charge in [-0.25, -0.2) is 0 Å². The molecule has 2 aliphatic rings. The Balaban J connectivity index is 2.05. The standard InChI is InChI=1S/C14H24N2O3/c1-10(2)12-13(18)15-7-8-16(12)11(17)9-14(19)5-3-4-6-14/h10,12,19H,3-9H2,1-2H3,(H,15,18). The zero-order chi connectivity index (χ0) is 14.0. The molecule has 0 aromatic rings. The van der Waals surface area contributed by atoms with E-state index in [9.17, 15) is 14.7 Å². The van der Waals surface area contributed by atoms with Crippen LogP contribution in [0.25, 0.3) is 0 Å². The summed E-state index contributed by atoms with van der Waals surface area (Å²) in [5.41, 5.74) is -0.841. The SMILES string of the molecule is CC(C)C1C(=O)NCCN1C(=O)CC1(O)CCCC1. The number of nitrogens with zero attached hydrogens (tertiary/aromatic N) is 1. The van der Waals surface area contributed by atoms with Gasteiger partial charge in [0.1, 0.15) is 6.04 Å². The van der Waals surface area contributed by atoms with Crippen LogP contribution < -0.4 is 5.32 Å². The summed E-state index contributed by atoms with van der Waals surface area (Å²) in [5.74, 6) is -0.0755. The predicted molar refractivity (Wildman–Crippen MR) is 71.4 cm³/mol. The fraction of sp³-hybridized carbons (Fsp3) is 0.857. The Morgan fingerprint density at radius 1 is 1.47 bits per heavy atom. The summed E-state index contributed by atoms with van der Waals surface area (Å²) >= 11 is 0. The quantitative estimate of drug-likeness (QED) is 0.790. The van der Waals surface area contributed by atoms with Gasteiger partial charge in [-0.3, -0.25) is 9.59 Å². The van der Waals surface area contributed by atoms with Crippen LogP contribution in [-0.4, -0.2) is 46.6 Å². The van der Waals surface area contributed by atoms with Crippen molar-refractivity contribution < 1.29 is 14.7 Å². The zero-order valence-corrected chi connectivity index (χ0v) is 11.8. The lowest BCUT2D eigenvalue weighted by Gasteiger charge is -2.38. The minimum atomic E-state index is -0.841. The Kier molecular flexibility index (Phi) is 4.13. The highest BCUT2D eigenvalue weighted by atomic mass is 16.3. The zero-order valence-electron chi connectivity index (χ0n) is 11.8. The van der Waals surface area contributed by atoms with Gasteiger partial charge in [0.15, 0.2) is 0 Å². The van der Waals surface area contributed by atoms with Crippen LogP contribution in [0.3, 0.4) is 0 Å². The summed E-state index contributed by atoms with van der Waals surface area (Å²) in [4.78, 5) is 26.0. The molecule has 0 aromatic heterocycles. The molecule has 0 spiro atoms. The summed E-state index contributed by atoms with van der Waals surface area (Å²) in [6.07, 6.45) is 3.52. The molecule has 5 heteroatoms. The molecule has 1 saturated carbocycles. The molecule has 5 nitrogen and oxygen atoms in total. The van der Waals surface area contributed by atoms with Gasteiger partial charge in [0.05, 0.1) is 12.0 Å². The molecule has 2 fully saturated rings. The van der Waals surface area contributed by atoms with E-state index in [2.05, 4.69) is 5.32 Å². The van der Waals surface area contributed by atoms with Crippen LogP contribution in [0.15, 0.2) is 0 Å². The molecule has 1 atom stereocenters. The van der Waals surface area contributed by atoms with Crippen LogP contribution in [0, 0.1) is 5.92 Å². The molecular weight excluding hydrogens is 244 g/mol. The molecule has 1 aliphatic heterocycles. The van der Waals surface area contributed by atoms with Crippen molar-refractivity contribution in [3.8, 4) is 0 Å². The van der Waals surface area contributed by atoms with E-state index in [0.717, 1.165) is 12.8 Å². The van der Waals surface area contributed by atoms with E-state index in [1.54, 1.807) is 4.90 Å². The fourth-order valence-corrected chi connectivity index (χ4v) is 3.22. The lowest BCUT2D eigenvalue weighted by atomic mass is 9.94. The summed E-state index contributed by atoms with van der Waals surface area (Å²) in [6, 6.07) is -0.397. The van der Waals surface area contributed by atoms with Gasteiger partial charge in [-0.2, -0.15) is 0 Å². The number of hydrogen-bond acceptors (Lipinski definition) is 3. The summed E-state index contributed by atoms with van der Waals surface area (Å²) < 4.78 is 0. The summed E-state index contributed by atoms with van der Waals surface area (Å²) in [6.45, 7) is 4.94. The maximum atomic E-state index is 12.4. The number of carbonyl (C=O) groups excluding carboxylic acids is 2. The highest BCUT2D eigenvalue weighted by molar-refractivity contribution is 5.89. The molecule has 2 rings (SSSR count). The molecule has 1 saturated heterocycles. The number of rotatable bonds is 3. The lowest BCUT2D eigenvalue weighted by Crippen LogP contribution is -2.59. The molecule has 1 aliphatic carbocycles. The molecule has 0 radical (unpaired) electrons. The maximum Gasteiger partial charge on any atom is 0.243 e. The van der Waals surface area contributed by atoms with E-state index in [4.69, 9.17) is 0 Å². The minimum absolute atomic E-state index is 0.0759. The number of piperazine rings is 1. The maximum absolute atomic E-state index is 12.4. The van der Waals surface area contributed by atoms with Crippen LogP contribution in [0.5, 0.6) is 0 Å². The van der Waals surface area contributed by atoms with Crippen molar-refractivity contribution in [2.45, 2.75) is 57.6 Å². The number of amides is 2. The average Bonchev–Trinajstić information content (AvgIpc) is 2.74. The van der Waals surface area contributed by atoms with Crippen LogP contribution in [0.4, 0.5) is 0 Å². The largest absolute Gasteiger partial charge is 0.389 e. The Labute approximate surface area is 114 Å². The Bertz CT molecular complexity index is 362. The second-order valence-electron chi connectivity index (χ2n) is 6.18. The first-order valence-electron chi connectivity index (χ1n) is 7.22. The van der Waals surface area contributed by atoms with Gasteiger partial charge in [0, 0.05) is 13.1 Å². The summed E-state index contributed by atoms with van der Waals surface area (Å²) in [5, 5.41) is 13.1. The molecule has 2 amide bonds. The molecule has 0 bridgehead atoms. The fourth-order valence-electron chi connectivity index (χ4n) is 3.22. The van der Waals surface area contributed by atoms with Crippen LogP contribution in [-0.2, 0) is 9.59 Å². The van der Waals surface area contributed by atoms with E-state index in [0.29, 0.717) is 25.9 Å². The molecular formula is C14H24N2O3. The van der Waals surface area contributed by atoms with Crippen molar-refractivity contribution in [3.05, 3.63) is 0 Å². The van der Waals surface area contributed by atoms with Gasteiger partial charge in [0.25, 0.3) is 0 Å². The molecule has 0 aromatic carbocycles. The van der Waals surface area contributed by atoms with E-state index < -0.39 is 11.6 Å². The third-order valence-corrected chi connectivity index (χ3v) is 4.22. The van der Waals surface area contributed by atoms with Gasteiger partial charge in [-0.15, -0.1) is 0 Å². The van der Waals surface area contributed by atoms with Crippen LogP contribution in [0.2, 0.25) is 0 Å². The Morgan fingerprint density at radius 2 is 2.11 bits per heavy atom. The molecule has 1 heterocycles. The van der Waals surface area contributed by atoms with Crippen molar-refractivity contribution in [1.29, 1.82) is 0 Å². The van der Waals surface area contributed by atoms with Crippen LogP contribution in [0.1, 0.15) is 46.0 Å². The molecule has 19 heavy (non-hydrogen) atoms. The van der Waals surface area contributed by atoms with E-state index in [-0.39, 0.29) is 24.2 Å². The van der Waals surface area contributed by atoms with Crippen molar-refractivity contribution in [3.63, 3.8) is 0 Å². The lowest BCUT2D eigenvalue weighted by molar-refractivity contribution is -0.148. The smallest absolute Gasteiger partial charge is 0.243 e. The Morgan fingerprint density at radius 3 is 2.68 bits per heavy atom.